The SMILES string of the molecule is C=C(Nc1ccc(C)cc1)N1CCC(CC#N)(N2CC(CNC3CC3c3ccccc3)C2)CC1. The standard InChI is InChI=1S/C29H37N5/c1-22-8-10-26(11-9-22)32-23(2)33-16-13-29(12-15-30,14-17-33)34-20-24(21-34)19-31-28-18-27(28)25-6-4-3-5-7-25/h3-11,24,27-28,31-32H,2,12-14,16-21H2,1H3. The van der Waals surface area contributed by atoms with Gasteiger partial charge in [0.05, 0.1) is 18.3 Å². The Morgan fingerprint density at radius 1 is 1.09 bits per heavy atom. The highest BCUT2D eigenvalue weighted by molar-refractivity contribution is 5.48. The van der Waals surface area contributed by atoms with Gasteiger partial charge in [0.25, 0.3) is 0 Å². The van der Waals surface area contributed by atoms with E-state index in [1.807, 2.05) is 0 Å². The van der Waals surface area contributed by atoms with E-state index in [9.17, 15) is 5.26 Å². The smallest absolute Gasteiger partial charge is 0.0983 e. The number of nitrogens with one attached hydrogen (secondary N) is 2. The maximum Gasteiger partial charge on any atom is 0.0983 e. The molecule has 0 spiro atoms. The number of likely N-dealkylation sites (tertiary alicyclic amines) is 2. The number of rotatable bonds is 9. The third-order valence-corrected chi connectivity index (χ3v) is 8.14. The normalized spacial score (nSPS) is 24.2. The predicted octanol–water partition coefficient (Wildman–Crippen LogP) is 4.70. The van der Waals surface area contributed by atoms with Crippen LogP contribution in [0.4, 0.5) is 5.69 Å². The fraction of sp³-hybridized carbons (Fsp3) is 0.483. The van der Waals surface area contributed by atoms with Crippen molar-refractivity contribution in [3.8, 4) is 6.07 Å². The van der Waals surface area contributed by atoms with Crippen LogP contribution in [0.25, 0.3) is 0 Å². The third-order valence-electron chi connectivity index (χ3n) is 8.14. The summed E-state index contributed by atoms with van der Waals surface area (Å²) in [5.74, 6) is 2.34. The lowest BCUT2D eigenvalue weighted by molar-refractivity contribution is -0.0441. The zero-order valence-electron chi connectivity index (χ0n) is 20.3. The van der Waals surface area contributed by atoms with E-state index in [0.717, 1.165) is 57.1 Å². The predicted molar refractivity (Wildman–Crippen MR) is 138 cm³/mol. The van der Waals surface area contributed by atoms with E-state index in [0.29, 0.717) is 24.3 Å². The number of anilines is 1. The summed E-state index contributed by atoms with van der Waals surface area (Å²) in [6.07, 6.45) is 3.93. The van der Waals surface area contributed by atoms with Crippen LogP contribution >= 0.6 is 0 Å². The van der Waals surface area contributed by atoms with Gasteiger partial charge in [-0.3, -0.25) is 4.90 Å². The summed E-state index contributed by atoms with van der Waals surface area (Å²) in [6, 6.07) is 22.4. The van der Waals surface area contributed by atoms with E-state index in [1.54, 1.807) is 0 Å². The second-order valence-electron chi connectivity index (χ2n) is 10.5. The highest BCUT2D eigenvalue weighted by Crippen LogP contribution is 2.41. The molecule has 178 valence electrons. The molecule has 2 heterocycles. The van der Waals surface area contributed by atoms with Crippen molar-refractivity contribution in [1.29, 1.82) is 5.26 Å². The van der Waals surface area contributed by atoms with Gasteiger partial charge >= 0.3 is 0 Å². The highest BCUT2D eigenvalue weighted by atomic mass is 15.3. The van der Waals surface area contributed by atoms with Crippen LogP contribution < -0.4 is 10.6 Å². The first-order valence-corrected chi connectivity index (χ1v) is 12.7. The van der Waals surface area contributed by atoms with Crippen molar-refractivity contribution in [2.75, 3.05) is 38.0 Å². The molecule has 2 unspecified atom stereocenters. The van der Waals surface area contributed by atoms with Crippen molar-refractivity contribution in [1.82, 2.24) is 15.1 Å². The largest absolute Gasteiger partial charge is 0.359 e. The molecule has 5 rings (SSSR count). The molecule has 0 amide bonds. The van der Waals surface area contributed by atoms with Gasteiger partial charge in [-0.15, -0.1) is 0 Å². The Morgan fingerprint density at radius 3 is 2.47 bits per heavy atom. The van der Waals surface area contributed by atoms with Crippen LogP contribution in [0.1, 0.15) is 42.7 Å². The molecule has 2 saturated heterocycles. The Kier molecular flexibility index (Phi) is 6.63. The number of piperidine rings is 1. The number of benzene rings is 2. The van der Waals surface area contributed by atoms with E-state index >= 15 is 0 Å². The molecule has 1 saturated carbocycles. The zero-order chi connectivity index (χ0) is 23.5. The second-order valence-corrected chi connectivity index (χ2v) is 10.5. The minimum absolute atomic E-state index is 0.0258. The number of nitrogens with zero attached hydrogens (tertiary/aromatic N) is 3. The van der Waals surface area contributed by atoms with Crippen LogP contribution in [-0.2, 0) is 0 Å². The Bertz CT molecular complexity index is 1010. The first-order valence-electron chi connectivity index (χ1n) is 12.7. The van der Waals surface area contributed by atoms with E-state index in [4.69, 9.17) is 0 Å². The van der Waals surface area contributed by atoms with Gasteiger partial charge in [0.2, 0.25) is 0 Å². The van der Waals surface area contributed by atoms with E-state index in [1.165, 1.54) is 17.5 Å². The van der Waals surface area contributed by atoms with Crippen molar-refractivity contribution in [2.24, 2.45) is 5.92 Å². The molecule has 5 heteroatoms. The number of nitriles is 1. The van der Waals surface area contributed by atoms with Crippen LogP contribution in [0.3, 0.4) is 0 Å². The zero-order valence-corrected chi connectivity index (χ0v) is 20.3. The van der Waals surface area contributed by atoms with E-state index < -0.39 is 0 Å². The lowest BCUT2D eigenvalue weighted by Crippen LogP contribution is -2.64. The molecule has 3 fully saturated rings. The second kappa shape index (κ2) is 9.82. The van der Waals surface area contributed by atoms with Gasteiger partial charge in [-0.2, -0.15) is 5.26 Å². The van der Waals surface area contributed by atoms with Crippen molar-refractivity contribution >= 4 is 5.69 Å². The lowest BCUT2D eigenvalue weighted by atomic mass is 9.79. The topological polar surface area (TPSA) is 54.3 Å². The van der Waals surface area contributed by atoms with Crippen LogP contribution in [0.5, 0.6) is 0 Å². The molecule has 2 aliphatic heterocycles. The van der Waals surface area contributed by atoms with Crippen molar-refractivity contribution in [3.63, 3.8) is 0 Å². The summed E-state index contributed by atoms with van der Waals surface area (Å²) in [7, 11) is 0. The first-order chi connectivity index (χ1) is 16.6. The van der Waals surface area contributed by atoms with Gasteiger partial charge < -0.3 is 15.5 Å². The molecule has 1 aliphatic carbocycles. The lowest BCUT2D eigenvalue weighted by Gasteiger charge is -2.55. The molecule has 34 heavy (non-hydrogen) atoms. The summed E-state index contributed by atoms with van der Waals surface area (Å²) in [5, 5.41) is 16.9. The average molecular weight is 456 g/mol. The summed E-state index contributed by atoms with van der Waals surface area (Å²) in [5.41, 5.74) is 3.82. The van der Waals surface area contributed by atoms with Gasteiger partial charge in [-0.05, 0) is 49.8 Å². The Balaban J connectivity index is 1.07. The van der Waals surface area contributed by atoms with E-state index in [-0.39, 0.29) is 5.54 Å². The molecular weight excluding hydrogens is 418 g/mol. The Hall–Kier alpha value is -2.81. The van der Waals surface area contributed by atoms with Gasteiger partial charge in [0.15, 0.2) is 0 Å². The maximum atomic E-state index is 9.60. The summed E-state index contributed by atoms with van der Waals surface area (Å²) in [6.45, 7) is 11.6. The number of hydrogen-bond acceptors (Lipinski definition) is 5. The quantitative estimate of drug-likeness (QED) is 0.574. The Morgan fingerprint density at radius 2 is 1.79 bits per heavy atom. The van der Waals surface area contributed by atoms with Crippen LogP contribution in [0.15, 0.2) is 67.0 Å². The molecule has 2 aromatic carbocycles. The van der Waals surface area contributed by atoms with Crippen LogP contribution in [0.2, 0.25) is 0 Å². The maximum absolute atomic E-state index is 9.60. The van der Waals surface area contributed by atoms with Crippen molar-refractivity contribution in [2.45, 2.75) is 50.1 Å². The minimum Gasteiger partial charge on any atom is -0.359 e. The molecule has 0 bridgehead atoms. The molecule has 2 N–H and O–H groups in total. The van der Waals surface area contributed by atoms with Crippen molar-refractivity contribution in [3.05, 3.63) is 78.1 Å². The molecule has 2 aromatic rings. The van der Waals surface area contributed by atoms with Gasteiger partial charge in [0, 0.05) is 55.9 Å². The van der Waals surface area contributed by atoms with E-state index in [2.05, 4.69) is 94.6 Å². The number of aryl methyl sites for hydroxylation is 1. The van der Waals surface area contributed by atoms with Gasteiger partial charge in [0.1, 0.15) is 0 Å². The molecule has 0 radical (unpaired) electrons. The molecular formula is C29H37N5. The molecule has 0 aromatic heterocycles. The van der Waals surface area contributed by atoms with Gasteiger partial charge in [-0.25, -0.2) is 0 Å². The van der Waals surface area contributed by atoms with Crippen LogP contribution in [-0.4, -0.2) is 54.1 Å². The van der Waals surface area contributed by atoms with Crippen molar-refractivity contribution < 1.29 is 0 Å². The summed E-state index contributed by atoms with van der Waals surface area (Å²) in [4.78, 5) is 4.93. The monoisotopic (exact) mass is 455 g/mol. The third kappa shape index (κ3) is 4.99. The van der Waals surface area contributed by atoms with Gasteiger partial charge in [-0.1, -0.05) is 54.6 Å². The summed E-state index contributed by atoms with van der Waals surface area (Å²) < 4.78 is 0. The van der Waals surface area contributed by atoms with Crippen LogP contribution in [0, 0.1) is 24.2 Å². The summed E-state index contributed by atoms with van der Waals surface area (Å²) >= 11 is 0. The molecule has 2 atom stereocenters. The molecule has 3 aliphatic rings. The average Bonchev–Trinajstić information content (AvgIpc) is 3.60. The number of hydrogen-bond donors (Lipinski definition) is 2. The highest BCUT2D eigenvalue weighted by Gasteiger charge is 2.46. The fourth-order valence-corrected chi connectivity index (χ4v) is 5.72. The fourth-order valence-electron chi connectivity index (χ4n) is 5.72. The first kappa shape index (κ1) is 23.0. The minimum atomic E-state index is 0.0258. The Labute approximate surface area is 204 Å². The molecule has 5 nitrogen and oxygen atoms in total.